The van der Waals surface area contributed by atoms with Crippen molar-refractivity contribution in [2.75, 3.05) is 13.1 Å². The van der Waals surface area contributed by atoms with Crippen molar-refractivity contribution in [3.05, 3.63) is 71.3 Å². The van der Waals surface area contributed by atoms with Crippen LogP contribution in [0.15, 0.2) is 54.6 Å². The molecule has 0 aromatic heterocycles. The van der Waals surface area contributed by atoms with E-state index in [1.807, 2.05) is 0 Å². The summed E-state index contributed by atoms with van der Waals surface area (Å²) in [5, 5.41) is 14.8. The third-order valence-corrected chi connectivity index (χ3v) is 5.45. The topological polar surface area (TPSA) is 77.8 Å². The van der Waals surface area contributed by atoms with Gasteiger partial charge in [-0.25, -0.2) is 9.59 Å². The summed E-state index contributed by atoms with van der Waals surface area (Å²) in [5.74, 6) is -2.84. The SMILES string of the molecule is O=C(O)C(=O)O.c1ccc(CCN2CCCC3CC2c2ccccc23)cc1. The monoisotopic (exact) mass is 367 g/mol. The van der Waals surface area contributed by atoms with E-state index >= 15 is 0 Å². The molecule has 5 nitrogen and oxygen atoms in total. The third kappa shape index (κ3) is 4.74. The number of carbonyl (C=O) groups is 2. The molecule has 2 unspecified atom stereocenters. The molecule has 1 aliphatic carbocycles. The second kappa shape index (κ2) is 8.82. The summed E-state index contributed by atoms with van der Waals surface area (Å²) in [7, 11) is 0. The average molecular weight is 367 g/mol. The summed E-state index contributed by atoms with van der Waals surface area (Å²) in [6, 6.07) is 20.7. The molecule has 4 rings (SSSR count). The van der Waals surface area contributed by atoms with Gasteiger partial charge in [-0.1, -0.05) is 54.6 Å². The molecule has 1 saturated heterocycles. The van der Waals surface area contributed by atoms with Gasteiger partial charge in [0.2, 0.25) is 0 Å². The summed E-state index contributed by atoms with van der Waals surface area (Å²) >= 11 is 0. The van der Waals surface area contributed by atoms with E-state index in [9.17, 15) is 0 Å². The van der Waals surface area contributed by atoms with Crippen LogP contribution in [-0.2, 0) is 16.0 Å². The highest BCUT2D eigenvalue weighted by atomic mass is 16.4. The normalized spacial score (nSPS) is 20.7. The quantitative estimate of drug-likeness (QED) is 0.809. The zero-order valence-electron chi connectivity index (χ0n) is 15.3. The van der Waals surface area contributed by atoms with E-state index in [0.29, 0.717) is 6.04 Å². The zero-order valence-corrected chi connectivity index (χ0v) is 15.3. The number of benzene rings is 2. The fourth-order valence-electron chi connectivity index (χ4n) is 4.21. The molecule has 1 aliphatic heterocycles. The standard InChI is InChI=1S/C20H23N.C2H2O4/c1-2-7-16(8-3-1)12-14-21-13-6-9-17-15-20(21)19-11-5-4-10-18(17)19;3-1(4)2(5)6/h1-5,7-8,10-11,17,20H,6,9,12-15H2;(H,3,4)(H,5,6). The van der Waals surface area contributed by atoms with Gasteiger partial charge < -0.3 is 10.2 Å². The molecule has 2 bridgehead atoms. The van der Waals surface area contributed by atoms with Gasteiger partial charge >= 0.3 is 11.9 Å². The lowest BCUT2D eigenvalue weighted by atomic mass is 9.96. The fourth-order valence-corrected chi connectivity index (χ4v) is 4.21. The molecule has 0 spiro atoms. The minimum absolute atomic E-state index is 0.664. The number of rotatable bonds is 3. The highest BCUT2D eigenvalue weighted by Gasteiger charge is 2.36. The molecule has 27 heavy (non-hydrogen) atoms. The maximum atomic E-state index is 9.10. The Morgan fingerprint density at radius 2 is 1.56 bits per heavy atom. The number of aliphatic carboxylic acids is 2. The van der Waals surface area contributed by atoms with E-state index in [2.05, 4.69) is 59.5 Å². The second-order valence-electron chi connectivity index (χ2n) is 7.10. The van der Waals surface area contributed by atoms with E-state index in [1.54, 1.807) is 11.1 Å². The molecule has 2 aliphatic rings. The minimum Gasteiger partial charge on any atom is -0.473 e. The first-order chi connectivity index (χ1) is 13.1. The molecule has 2 aromatic carbocycles. The third-order valence-electron chi connectivity index (χ3n) is 5.45. The summed E-state index contributed by atoms with van der Waals surface area (Å²) in [4.78, 5) is 20.9. The Labute approximate surface area is 159 Å². The summed E-state index contributed by atoms with van der Waals surface area (Å²) in [6.45, 7) is 2.46. The summed E-state index contributed by atoms with van der Waals surface area (Å²) in [5.41, 5.74) is 4.70. The molecule has 1 heterocycles. The lowest BCUT2D eigenvalue weighted by Crippen LogP contribution is -2.30. The summed E-state index contributed by atoms with van der Waals surface area (Å²) in [6.07, 6.45) is 5.23. The lowest BCUT2D eigenvalue weighted by molar-refractivity contribution is -0.159. The molecule has 0 radical (unpaired) electrons. The number of fused-ring (bicyclic) bond motifs is 5. The number of likely N-dealkylation sites (tertiary alicyclic amines) is 1. The number of carboxylic acid groups (broad SMARTS) is 2. The number of nitrogens with zero attached hydrogens (tertiary/aromatic N) is 1. The predicted octanol–water partition coefficient (Wildman–Crippen LogP) is 3.71. The van der Waals surface area contributed by atoms with Gasteiger partial charge in [0.1, 0.15) is 0 Å². The van der Waals surface area contributed by atoms with Crippen LogP contribution < -0.4 is 0 Å². The van der Waals surface area contributed by atoms with Gasteiger partial charge in [-0.05, 0) is 54.8 Å². The van der Waals surface area contributed by atoms with E-state index in [0.717, 1.165) is 5.92 Å². The van der Waals surface area contributed by atoms with Gasteiger partial charge in [-0.2, -0.15) is 0 Å². The Morgan fingerprint density at radius 1 is 0.926 bits per heavy atom. The fraction of sp³-hybridized carbons (Fsp3) is 0.364. The van der Waals surface area contributed by atoms with Crippen molar-refractivity contribution in [1.29, 1.82) is 0 Å². The van der Waals surface area contributed by atoms with Crippen LogP contribution in [0.25, 0.3) is 0 Å². The molecular formula is C22H25NO4. The smallest absolute Gasteiger partial charge is 0.414 e. The zero-order chi connectivity index (χ0) is 19.2. The van der Waals surface area contributed by atoms with Gasteiger partial charge in [0.05, 0.1) is 0 Å². The Hall–Kier alpha value is -2.66. The Kier molecular flexibility index (Phi) is 6.24. The van der Waals surface area contributed by atoms with E-state index in [4.69, 9.17) is 19.8 Å². The number of hydrogen-bond donors (Lipinski definition) is 2. The first kappa shape index (κ1) is 19.1. The Balaban J connectivity index is 0.000000307. The molecule has 142 valence electrons. The van der Waals surface area contributed by atoms with Crippen LogP contribution in [0.2, 0.25) is 0 Å². The van der Waals surface area contributed by atoms with E-state index in [1.165, 1.54) is 44.3 Å². The first-order valence-corrected chi connectivity index (χ1v) is 9.39. The van der Waals surface area contributed by atoms with Crippen LogP contribution in [0.3, 0.4) is 0 Å². The minimum atomic E-state index is -1.82. The molecule has 0 saturated carbocycles. The van der Waals surface area contributed by atoms with Gasteiger partial charge in [0.25, 0.3) is 0 Å². The van der Waals surface area contributed by atoms with Gasteiger partial charge in [-0.3, -0.25) is 4.90 Å². The maximum absolute atomic E-state index is 9.10. The lowest BCUT2D eigenvalue weighted by Gasteiger charge is -2.29. The van der Waals surface area contributed by atoms with Crippen LogP contribution in [0.1, 0.15) is 47.9 Å². The van der Waals surface area contributed by atoms with Crippen molar-refractivity contribution in [2.24, 2.45) is 0 Å². The van der Waals surface area contributed by atoms with Crippen LogP contribution in [0.4, 0.5) is 0 Å². The van der Waals surface area contributed by atoms with Crippen molar-refractivity contribution in [2.45, 2.75) is 37.6 Å². The molecule has 5 heteroatoms. The molecule has 2 N–H and O–H groups in total. The van der Waals surface area contributed by atoms with Crippen LogP contribution >= 0.6 is 0 Å². The average Bonchev–Trinajstić information content (AvgIpc) is 2.90. The molecule has 2 atom stereocenters. The first-order valence-electron chi connectivity index (χ1n) is 9.39. The van der Waals surface area contributed by atoms with E-state index < -0.39 is 11.9 Å². The predicted molar refractivity (Wildman–Crippen MR) is 103 cm³/mol. The Bertz CT molecular complexity index is 778. The molecule has 2 aromatic rings. The molecular weight excluding hydrogens is 342 g/mol. The van der Waals surface area contributed by atoms with Crippen LogP contribution in [0, 0.1) is 0 Å². The van der Waals surface area contributed by atoms with Crippen molar-refractivity contribution in [1.82, 2.24) is 4.90 Å². The van der Waals surface area contributed by atoms with Crippen molar-refractivity contribution < 1.29 is 19.8 Å². The highest BCUT2D eigenvalue weighted by Crippen LogP contribution is 2.47. The maximum Gasteiger partial charge on any atom is 0.414 e. The van der Waals surface area contributed by atoms with Crippen molar-refractivity contribution in [3.8, 4) is 0 Å². The van der Waals surface area contributed by atoms with Gasteiger partial charge in [0.15, 0.2) is 0 Å². The largest absolute Gasteiger partial charge is 0.473 e. The van der Waals surface area contributed by atoms with Crippen LogP contribution in [-0.4, -0.2) is 40.1 Å². The number of carboxylic acids is 2. The van der Waals surface area contributed by atoms with E-state index in [-0.39, 0.29) is 0 Å². The van der Waals surface area contributed by atoms with Gasteiger partial charge in [0, 0.05) is 12.6 Å². The molecule has 1 fully saturated rings. The van der Waals surface area contributed by atoms with Gasteiger partial charge in [-0.15, -0.1) is 0 Å². The van der Waals surface area contributed by atoms with Crippen LogP contribution in [0.5, 0.6) is 0 Å². The van der Waals surface area contributed by atoms with Crippen molar-refractivity contribution >= 4 is 11.9 Å². The van der Waals surface area contributed by atoms with Crippen molar-refractivity contribution in [3.63, 3.8) is 0 Å². The summed E-state index contributed by atoms with van der Waals surface area (Å²) < 4.78 is 0. The Morgan fingerprint density at radius 3 is 2.22 bits per heavy atom. The number of hydrogen-bond acceptors (Lipinski definition) is 3. The highest BCUT2D eigenvalue weighted by molar-refractivity contribution is 6.27. The molecule has 0 amide bonds. The second-order valence-corrected chi connectivity index (χ2v) is 7.10.